The zero-order chi connectivity index (χ0) is 15.9. The topological polar surface area (TPSA) is 58.6 Å². The third-order valence-electron chi connectivity index (χ3n) is 3.64. The van der Waals surface area contributed by atoms with Gasteiger partial charge in [-0.2, -0.15) is 0 Å². The lowest BCUT2D eigenvalue weighted by Crippen LogP contribution is -2.34. The van der Waals surface area contributed by atoms with Gasteiger partial charge in [0.15, 0.2) is 0 Å². The molecule has 0 aromatic heterocycles. The average Bonchev–Trinajstić information content (AvgIpc) is 2.89. The van der Waals surface area contributed by atoms with Gasteiger partial charge in [0.05, 0.1) is 12.0 Å². The smallest absolute Gasteiger partial charge is 0.227 e. The van der Waals surface area contributed by atoms with Crippen LogP contribution >= 0.6 is 0 Å². The number of amides is 2. The highest BCUT2D eigenvalue weighted by atomic mass is 16.5. The second-order valence-electron chi connectivity index (χ2n) is 5.81. The number of carbonyl (C=O) groups excluding carboxylic acids is 2. The molecule has 0 saturated carbocycles. The first-order valence-corrected chi connectivity index (χ1v) is 7.82. The van der Waals surface area contributed by atoms with Gasteiger partial charge in [-0.15, -0.1) is 0 Å². The van der Waals surface area contributed by atoms with Crippen molar-refractivity contribution in [2.24, 2.45) is 5.92 Å². The van der Waals surface area contributed by atoms with Gasteiger partial charge in [0.25, 0.3) is 0 Å². The number of carbonyl (C=O) groups is 2. The Labute approximate surface area is 131 Å². The number of anilines is 1. The maximum atomic E-state index is 12.1. The Hall–Kier alpha value is -1.88. The van der Waals surface area contributed by atoms with Gasteiger partial charge < -0.3 is 15.0 Å². The van der Waals surface area contributed by atoms with Crippen LogP contribution in [0.2, 0.25) is 0 Å². The first-order chi connectivity index (χ1) is 10.6. The monoisotopic (exact) mass is 304 g/mol. The van der Waals surface area contributed by atoms with Crippen LogP contribution in [-0.2, 0) is 14.3 Å². The van der Waals surface area contributed by atoms with Crippen LogP contribution in [-0.4, -0.2) is 37.6 Å². The predicted molar refractivity (Wildman–Crippen MR) is 85.6 cm³/mol. The van der Waals surface area contributed by atoms with Crippen molar-refractivity contribution in [1.82, 2.24) is 5.32 Å². The van der Waals surface area contributed by atoms with Gasteiger partial charge in [0.2, 0.25) is 11.8 Å². The van der Waals surface area contributed by atoms with E-state index in [1.165, 1.54) is 0 Å². The minimum atomic E-state index is -0.265. The summed E-state index contributed by atoms with van der Waals surface area (Å²) in [5.41, 5.74) is 0.855. The van der Waals surface area contributed by atoms with Gasteiger partial charge in [-0.3, -0.25) is 9.59 Å². The molecule has 5 nitrogen and oxygen atoms in total. The largest absolute Gasteiger partial charge is 0.379 e. The van der Waals surface area contributed by atoms with Gasteiger partial charge >= 0.3 is 0 Å². The second kappa shape index (κ2) is 7.94. The molecule has 120 valence electrons. The molecule has 1 saturated heterocycles. The van der Waals surface area contributed by atoms with Crippen LogP contribution < -0.4 is 10.2 Å². The molecule has 2 rings (SSSR count). The lowest BCUT2D eigenvalue weighted by Gasteiger charge is -2.16. The van der Waals surface area contributed by atoms with E-state index >= 15 is 0 Å². The Bertz CT molecular complexity index is 502. The summed E-state index contributed by atoms with van der Waals surface area (Å²) < 4.78 is 5.43. The molecule has 2 amide bonds. The number of benzene rings is 1. The summed E-state index contributed by atoms with van der Waals surface area (Å²) in [6, 6.07) is 9.48. The molecule has 1 N–H and O–H groups in total. The third-order valence-corrected chi connectivity index (χ3v) is 3.64. The second-order valence-corrected chi connectivity index (χ2v) is 5.81. The van der Waals surface area contributed by atoms with Crippen molar-refractivity contribution in [2.75, 3.05) is 24.6 Å². The molecule has 1 aromatic carbocycles. The molecule has 1 aliphatic rings. The van der Waals surface area contributed by atoms with Crippen molar-refractivity contribution in [3.63, 3.8) is 0 Å². The fourth-order valence-corrected chi connectivity index (χ4v) is 2.49. The first-order valence-electron chi connectivity index (χ1n) is 7.82. The number of hydrogen-bond donors (Lipinski definition) is 1. The summed E-state index contributed by atoms with van der Waals surface area (Å²) in [5.74, 6) is -0.301. The Morgan fingerprint density at radius 2 is 2.09 bits per heavy atom. The predicted octanol–water partition coefficient (Wildman–Crippen LogP) is 1.97. The molecule has 5 heteroatoms. The highest BCUT2D eigenvalue weighted by Gasteiger charge is 2.34. The van der Waals surface area contributed by atoms with Crippen LogP contribution in [0.3, 0.4) is 0 Å². The zero-order valence-corrected chi connectivity index (χ0v) is 13.2. The molecular formula is C17H24N2O3. The maximum absolute atomic E-state index is 12.1. The summed E-state index contributed by atoms with van der Waals surface area (Å²) in [6.45, 7) is 5.65. The average molecular weight is 304 g/mol. The van der Waals surface area contributed by atoms with Gasteiger partial charge in [0, 0.05) is 31.8 Å². The summed E-state index contributed by atoms with van der Waals surface area (Å²) in [6.07, 6.45) is 1.28. The van der Waals surface area contributed by atoms with E-state index in [2.05, 4.69) is 5.32 Å². The Morgan fingerprint density at radius 3 is 2.77 bits per heavy atom. The molecule has 1 fully saturated rings. The number of nitrogens with zero attached hydrogens (tertiary/aromatic N) is 1. The van der Waals surface area contributed by atoms with E-state index in [1.54, 1.807) is 4.90 Å². The minimum Gasteiger partial charge on any atom is -0.379 e. The van der Waals surface area contributed by atoms with Crippen molar-refractivity contribution in [3.8, 4) is 0 Å². The van der Waals surface area contributed by atoms with Gasteiger partial charge in [0.1, 0.15) is 0 Å². The van der Waals surface area contributed by atoms with E-state index in [9.17, 15) is 9.59 Å². The number of ether oxygens (including phenoxy) is 1. The van der Waals surface area contributed by atoms with E-state index in [0.717, 1.165) is 12.1 Å². The molecule has 0 radical (unpaired) electrons. The van der Waals surface area contributed by atoms with Crippen molar-refractivity contribution >= 4 is 17.5 Å². The van der Waals surface area contributed by atoms with E-state index in [0.29, 0.717) is 19.7 Å². The fraction of sp³-hybridized carbons (Fsp3) is 0.529. The summed E-state index contributed by atoms with van der Waals surface area (Å²) in [5, 5.41) is 2.89. The zero-order valence-electron chi connectivity index (χ0n) is 13.2. The number of hydrogen-bond acceptors (Lipinski definition) is 3. The SMILES string of the molecule is CC(C)OCCCNC(=O)[C@H]1CC(=O)N(c2ccccc2)C1. The third kappa shape index (κ3) is 4.56. The summed E-state index contributed by atoms with van der Waals surface area (Å²) in [7, 11) is 0. The lowest BCUT2D eigenvalue weighted by atomic mass is 10.1. The number of nitrogens with one attached hydrogen (secondary N) is 1. The lowest BCUT2D eigenvalue weighted by molar-refractivity contribution is -0.126. The standard InChI is InChI=1S/C17H24N2O3/c1-13(2)22-10-6-9-18-17(21)14-11-16(20)19(12-14)15-7-4-3-5-8-15/h3-5,7-8,13-14H,6,9-12H2,1-2H3,(H,18,21)/t14-/m0/s1. The molecule has 1 aliphatic heterocycles. The molecule has 1 heterocycles. The maximum Gasteiger partial charge on any atom is 0.227 e. The van der Waals surface area contributed by atoms with E-state index in [4.69, 9.17) is 4.74 Å². The normalized spacial score (nSPS) is 18.0. The molecule has 0 aliphatic carbocycles. The van der Waals surface area contributed by atoms with Crippen molar-refractivity contribution in [3.05, 3.63) is 30.3 Å². The van der Waals surface area contributed by atoms with Crippen LogP contribution in [0.1, 0.15) is 26.7 Å². The van der Waals surface area contributed by atoms with Crippen LogP contribution in [0.15, 0.2) is 30.3 Å². The Kier molecular flexibility index (Phi) is 5.95. The van der Waals surface area contributed by atoms with Crippen LogP contribution in [0.4, 0.5) is 5.69 Å². The first kappa shape index (κ1) is 16.5. The van der Waals surface area contributed by atoms with Crippen LogP contribution in [0, 0.1) is 5.92 Å². The molecule has 0 spiro atoms. The summed E-state index contributed by atoms with van der Waals surface area (Å²) >= 11 is 0. The van der Waals surface area contributed by atoms with Crippen molar-refractivity contribution < 1.29 is 14.3 Å². The van der Waals surface area contributed by atoms with Crippen LogP contribution in [0.25, 0.3) is 0 Å². The van der Waals surface area contributed by atoms with E-state index < -0.39 is 0 Å². The van der Waals surface area contributed by atoms with Crippen LogP contribution in [0.5, 0.6) is 0 Å². The molecular weight excluding hydrogens is 280 g/mol. The summed E-state index contributed by atoms with van der Waals surface area (Å²) in [4.78, 5) is 25.9. The van der Waals surface area contributed by atoms with E-state index in [-0.39, 0.29) is 30.3 Å². The van der Waals surface area contributed by atoms with Gasteiger partial charge in [-0.1, -0.05) is 18.2 Å². The highest BCUT2D eigenvalue weighted by molar-refractivity contribution is 6.00. The number of para-hydroxylation sites is 1. The molecule has 1 aromatic rings. The van der Waals surface area contributed by atoms with Crippen molar-refractivity contribution in [1.29, 1.82) is 0 Å². The molecule has 0 bridgehead atoms. The van der Waals surface area contributed by atoms with Gasteiger partial charge in [-0.25, -0.2) is 0 Å². The Morgan fingerprint density at radius 1 is 1.36 bits per heavy atom. The number of rotatable bonds is 7. The molecule has 22 heavy (non-hydrogen) atoms. The van der Waals surface area contributed by atoms with E-state index in [1.807, 2.05) is 44.2 Å². The Balaban J connectivity index is 1.77. The molecule has 0 unspecified atom stereocenters. The highest BCUT2D eigenvalue weighted by Crippen LogP contribution is 2.24. The minimum absolute atomic E-state index is 0.00879. The molecule has 1 atom stereocenters. The quantitative estimate of drug-likeness (QED) is 0.784. The fourth-order valence-electron chi connectivity index (χ4n) is 2.49. The van der Waals surface area contributed by atoms with Crippen molar-refractivity contribution in [2.45, 2.75) is 32.8 Å². The van der Waals surface area contributed by atoms with Gasteiger partial charge in [-0.05, 0) is 32.4 Å².